The van der Waals surface area contributed by atoms with Crippen LogP contribution < -0.4 is 0 Å². The maximum absolute atomic E-state index is 8.78. The van der Waals surface area contributed by atoms with Crippen molar-refractivity contribution in [1.29, 1.82) is 0 Å². The molecule has 1 unspecified atom stereocenters. The summed E-state index contributed by atoms with van der Waals surface area (Å²) >= 11 is 0. The van der Waals surface area contributed by atoms with Gasteiger partial charge >= 0.3 is 0 Å². The Morgan fingerprint density at radius 2 is 2.54 bits per heavy atom. The Morgan fingerprint density at radius 1 is 1.69 bits per heavy atom. The van der Waals surface area contributed by atoms with Gasteiger partial charge in [0.2, 0.25) is 0 Å². The summed E-state index contributed by atoms with van der Waals surface area (Å²) in [7, 11) is 0. The van der Waals surface area contributed by atoms with Crippen molar-refractivity contribution in [1.82, 2.24) is 14.8 Å². The molecule has 1 rings (SSSR count). The predicted molar refractivity (Wildman–Crippen MR) is 44.7 cm³/mol. The number of nitrogens with zero attached hydrogens (tertiary/aromatic N) is 6. The van der Waals surface area contributed by atoms with Gasteiger partial charge in [0.15, 0.2) is 0 Å². The molecular weight excluding hydrogens is 172 g/mol. The Kier molecular flexibility index (Phi) is 3.74. The molecule has 1 atom stereocenters. The maximum Gasteiger partial charge on any atom is 0.137 e. The summed E-state index contributed by atoms with van der Waals surface area (Å²) in [5.74, 6) is 0. The van der Waals surface area contributed by atoms with Gasteiger partial charge in [0.05, 0.1) is 12.6 Å². The minimum atomic E-state index is -0.380. The second kappa shape index (κ2) is 5.13. The molecule has 0 aliphatic carbocycles. The van der Waals surface area contributed by atoms with E-state index in [1.807, 2.05) is 0 Å². The summed E-state index contributed by atoms with van der Waals surface area (Å²) in [5.41, 5.74) is 8.14. The van der Waals surface area contributed by atoms with E-state index < -0.39 is 0 Å². The molecule has 1 N–H and O–H groups in total. The van der Waals surface area contributed by atoms with E-state index in [-0.39, 0.29) is 12.6 Å². The zero-order chi connectivity index (χ0) is 9.52. The Hall–Kier alpha value is -1.59. The van der Waals surface area contributed by atoms with Gasteiger partial charge < -0.3 is 5.11 Å². The van der Waals surface area contributed by atoms with Gasteiger partial charge in [0.1, 0.15) is 12.7 Å². The van der Waals surface area contributed by atoms with Crippen molar-refractivity contribution in [2.24, 2.45) is 5.11 Å². The average molecular weight is 182 g/mol. The van der Waals surface area contributed by atoms with E-state index in [9.17, 15) is 0 Å². The summed E-state index contributed by atoms with van der Waals surface area (Å²) in [6.45, 7) is 0.447. The van der Waals surface area contributed by atoms with Crippen molar-refractivity contribution in [3.8, 4) is 0 Å². The molecular formula is C6H10N6O. The Balaban J connectivity index is 2.36. The highest BCUT2D eigenvalue weighted by Gasteiger charge is 2.04. The molecule has 70 valence electrons. The monoisotopic (exact) mass is 182 g/mol. The van der Waals surface area contributed by atoms with Gasteiger partial charge in [-0.1, -0.05) is 5.11 Å². The molecule has 0 aliphatic heterocycles. The van der Waals surface area contributed by atoms with Crippen LogP contribution in [0.1, 0.15) is 6.42 Å². The molecule has 7 heteroatoms. The number of aromatic nitrogens is 3. The predicted octanol–water partition coefficient (Wildman–Crippen LogP) is 0.339. The van der Waals surface area contributed by atoms with E-state index in [4.69, 9.17) is 10.6 Å². The van der Waals surface area contributed by atoms with Crippen LogP contribution in [-0.2, 0) is 6.54 Å². The summed E-state index contributed by atoms with van der Waals surface area (Å²) in [5, 5.41) is 16.1. The Morgan fingerprint density at radius 3 is 3.08 bits per heavy atom. The number of aliphatic hydroxyl groups excluding tert-OH is 1. The van der Waals surface area contributed by atoms with Gasteiger partial charge in [0, 0.05) is 11.5 Å². The van der Waals surface area contributed by atoms with Crippen LogP contribution in [0.2, 0.25) is 0 Å². The van der Waals surface area contributed by atoms with Crippen LogP contribution in [0.3, 0.4) is 0 Å². The van der Waals surface area contributed by atoms with Gasteiger partial charge in [-0.25, -0.2) is 4.98 Å². The zero-order valence-electron chi connectivity index (χ0n) is 6.98. The second-order valence-corrected chi connectivity index (χ2v) is 2.49. The molecule has 0 aliphatic rings. The summed E-state index contributed by atoms with van der Waals surface area (Å²) < 4.78 is 1.62. The topological polar surface area (TPSA) is 99.7 Å². The van der Waals surface area contributed by atoms with Gasteiger partial charge in [-0.3, -0.25) is 4.68 Å². The van der Waals surface area contributed by atoms with Crippen molar-refractivity contribution >= 4 is 0 Å². The largest absolute Gasteiger partial charge is 0.396 e. The summed E-state index contributed by atoms with van der Waals surface area (Å²) in [4.78, 5) is 6.38. The Labute approximate surface area is 74.6 Å². The first-order chi connectivity index (χ1) is 6.36. The van der Waals surface area contributed by atoms with E-state index in [2.05, 4.69) is 20.1 Å². The quantitative estimate of drug-likeness (QED) is 0.403. The molecule has 13 heavy (non-hydrogen) atoms. The fourth-order valence-corrected chi connectivity index (χ4v) is 0.888. The van der Waals surface area contributed by atoms with Crippen LogP contribution in [0.25, 0.3) is 10.4 Å². The zero-order valence-corrected chi connectivity index (χ0v) is 6.98. The highest BCUT2D eigenvalue weighted by Crippen LogP contribution is 1.99. The maximum atomic E-state index is 8.78. The standard InChI is InChI=1S/C6H10N6O/c7-11-10-6(3-13)1-2-12-5-8-4-9-12/h4-6,13H,1-3H2. The molecule has 0 saturated carbocycles. The fraction of sp³-hybridized carbons (Fsp3) is 0.667. The molecule has 0 amide bonds. The van der Waals surface area contributed by atoms with Crippen molar-refractivity contribution in [3.63, 3.8) is 0 Å². The molecule has 0 bridgehead atoms. The van der Waals surface area contributed by atoms with Crippen LogP contribution in [0.15, 0.2) is 17.8 Å². The van der Waals surface area contributed by atoms with Crippen molar-refractivity contribution in [3.05, 3.63) is 23.1 Å². The third kappa shape index (κ3) is 3.10. The van der Waals surface area contributed by atoms with Crippen molar-refractivity contribution < 1.29 is 5.11 Å². The number of hydrogen-bond donors (Lipinski definition) is 1. The lowest BCUT2D eigenvalue weighted by atomic mass is 10.2. The first-order valence-corrected chi connectivity index (χ1v) is 3.84. The molecule has 0 spiro atoms. The van der Waals surface area contributed by atoms with Gasteiger partial charge in [-0.2, -0.15) is 5.10 Å². The summed E-state index contributed by atoms with van der Waals surface area (Å²) in [6.07, 6.45) is 3.57. The third-order valence-corrected chi connectivity index (χ3v) is 1.58. The van der Waals surface area contributed by atoms with Crippen molar-refractivity contribution in [2.75, 3.05) is 6.61 Å². The smallest absolute Gasteiger partial charge is 0.137 e. The van der Waals surface area contributed by atoms with Crippen LogP contribution >= 0.6 is 0 Å². The fourth-order valence-electron chi connectivity index (χ4n) is 0.888. The van der Waals surface area contributed by atoms with Crippen LogP contribution in [0, 0.1) is 0 Å². The van der Waals surface area contributed by atoms with E-state index >= 15 is 0 Å². The van der Waals surface area contributed by atoms with Crippen LogP contribution in [-0.4, -0.2) is 32.5 Å². The SMILES string of the molecule is [N-]=[N+]=NC(CO)CCn1cncn1. The average Bonchev–Trinajstić information content (AvgIpc) is 2.64. The number of rotatable bonds is 5. The molecule has 0 fully saturated rings. The van der Waals surface area contributed by atoms with Gasteiger partial charge in [0.25, 0.3) is 0 Å². The number of aryl methyl sites for hydroxylation is 1. The lowest BCUT2D eigenvalue weighted by molar-refractivity contribution is 0.254. The molecule has 0 saturated heterocycles. The normalized spacial score (nSPS) is 12.1. The minimum Gasteiger partial charge on any atom is -0.396 e. The van der Waals surface area contributed by atoms with Gasteiger partial charge in [-0.15, -0.1) is 0 Å². The minimum absolute atomic E-state index is 0.140. The van der Waals surface area contributed by atoms with Crippen molar-refractivity contribution in [2.45, 2.75) is 19.0 Å². The second-order valence-electron chi connectivity index (χ2n) is 2.49. The van der Waals surface area contributed by atoms with E-state index in [1.165, 1.54) is 6.33 Å². The van der Waals surface area contributed by atoms with E-state index in [1.54, 1.807) is 11.0 Å². The van der Waals surface area contributed by atoms with E-state index in [0.717, 1.165) is 0 Å². The van der Waals surface area contributed by atoms with Crippen LogP contribution in [0.5, 0.6) is 0 Å². The summed E-state index contributed by atoms with van der Waals surface area (Å²) in [6, 6.07) is -0.380. The number of hydrogen-bond acceptors (Lipinski definition) is 4. The van der Waals surface area contributed by atoms with Crippen LogP contribution in [0.4, 0.5) is 0 Å². The molecule has 7 nitrogen and oxygen atoms in total. The number of aliphatic hydroxyl groups is 1. The molecule has 1 heterocycles. The first kappa shape index (κ1) is 9.50. The molecule has 1 aromatic heterocycles. The third-order valence-electron chi connectivity index (χ3n) is 1.58. The molecule has 1 aromatic rings. The Bertz CT molecular complexity index is 277. The highest BCUT2D eigenvalue weighted by atomic mass is 16.3. The molecule has 0 aromatic carbocycles. The lowest BCUT2D eigenvalue weighted by Crippen LogP contribution is -2.13. The molecule has 0 radical (unpaired) electrons. The van der Waals surface area contributed by atoms with E-state index in [0.29, 0.717) is 13.0 Å². The van der Waals surface area contributed by atoms with Gasteiger partial charge in [-0.05, 0) is 12.0 Å². The number of azide groups is 1. The first-order valence-electron chi connectivity index (χ1n) is 3.84. The lowest BCUT2D eigenvalue weighted by Gasteiger charge is -2.05. The highest BCUT2D eigenvalue weighted by molar-refractivity contribution is 4.66.